The van der Waals surface area contributed by atoms with Crippen LogP contribution in [0.5, 0.6) is 0 Å². The molecule has 1 fully saturated rings. The summed E-state index contributed by atoms with van der Waals surface area (Å²) in [6, 6.07) is 9.50. The highest BCUT2D eigenvalue weighted by Gasteiger charge is 2.26. The van der Waals surface area contributed by atoms with Crippen LogP contribution >= 0.6 is 0 Å². The Balaban J connectivity index is 1.91. The van der Waals surface area contributed by atoms with Crippen molar-refractivity contribution in [3.8, 4) is 0 Å². The van der Waals surface area contributed by atoms with Gasteiger partial charge in [0.1, 0.15) is 6.04 Å². The molecule has 96 valence electrons. The standard InChI is InChI=1S/C13H17N3O2/c1-16(9-10-5-3-2-4-6-10)13(18)11-7-8-12(17)15-14-11/h2-6,11,14H,7-9H2,1H3,(H,15,17). The Bertz CT molecular complexity index is 423. The smallest absolute Gasteiger partial charge is 0.241 e. The van der Waals surface area contributed by atoms with E-state index in [4.69, 9.17) is 0 Å². The molecule has 1 aromatic carbocycles. The number of nitrogens with one attached hydrogen (secondary N) is 2. The molecule has 2 rings (SSSR count). The van der Waals surface area contributed by atoms with Crippen molar-refractivity contribution < 1.29 is 9.59 Å². The number of nitrogens with zero attached hydrogens (tertiary/aromatic N) is 1. The Morgan fingerprint density at radius 1 is 1.39 bits per heavy atom. The molecule has 1 aliphatic heterocycles. The highest BCUT2D eigenvalue weighted by molar-refractivity contribution is 5.85. The lowest BCUT2D eigenvalue weighted by Crippen LogP contribution is -2.55. The molecule has 1 aliphatic rings. The maximum atomic E-state index is 12.1. The van der Waals surface area contributed by atoms with Gasteiger partial charge < -0.3 is 4.90 Å². The molecule has 2 N–H and O–H groups in total. The molecule has 0 bridgehead atoms. The largest absolute Gasteiger partial charge is 0.340 e. The second-order valence-corrected chi connectivity index (χ2v) is 4.46. The normalized spacial score (nSPS) is 19.2. The summed E-state index contributed by atoms with van der Waals surface area (Å²) < 4.78 is 0. The van der Waals surface area contributed by atoms with E-state index in [0.717, 1.165) is 5.56 Å². The van der Waals surface area contributed by atoms with Crippen molar-refractivity contribution in [2.24, 2.45) is 0 Å². The summed E-state index contributed by atoms with van der Waals surface area (Å²) in [4.78, 5) is 24.8. The molecule has 1 unspecified atom stereocenters. The van der Waals surface area contributed by atoms with E-state index in [-0.39, 0.29) is 17.9 Å². The van der Waals surface area contributed by atoms with E-state index >= 15 is 0 Å². The Labute approximate surface area is 106 Å². The highest BCUT2D eigenvalue weighted by Crippen LogP contribution is 2.08. The Hall–Kier alpha value is -1.88. The van der Waals surface area contributed by atoms with Crippen LogP contribution in [0.2, 0.25) is 0 Å². The Kier molecular flexibility index (Phi) is 3.94. The number of carbonyl (C=O) groups excluding carboxylic acids is 2. The van der Waals surface area contributed by atoms with Crippen LogP contribution < -0.4 is 10.9 Å². The molecule has 5 nitrogen and oxygen atoms in total. The molecule has 18 heavy (non-hydrogen) atoms. The molecule has 0 radical (unpaired) electrons. The number of hydrogen-bond donors (Lipinski definition) is 2. The van der Waals surface area contributed by atoms with Gasteiger partial charge in [0.05, 0.1) is 0 Å². The molecular formula is C13H17N3O2. The number of hydrogen-bond acceptors (Lipinski definition) is 3. The maximum absolute atomic E-state index is 12.1. The minimum Gasteiger partial charge on any atom is -0.340 e. The third kappa shape index (κ3) is 3.07. The fourth-order valence-corrected chi connectivity index (χ4v) is 1.96. The van der Waals surface area contributed by atoms with E-state index in [0.29, 0.717) is 19.4 Å². The lowest BCUT2D eigenvalue weighted by molar-refractivity contribution is -0.135. The minimum atomic E-state index is -0.323. The van der Waals surface area contributed by atoms with Gasteiger partial charge >= 0.3 is 0 Å². The van der Waals surface area contributed by atoms with Gasteiger partial charge in [0.2, 0.25) is 11.8 Å². The third-order valence-electron chi connectivity index (χ3n) is 2.98. The monoisotopic (exact) mass is 247 g/mol. The van der Waals surface area contributed by atoms with Gasteiger partial charge in [-0.2, -0.15) is 0 Å². The summed E-state index contributed by atoms with van der Waals surface area (Å²) in [5.41, 5.74) is 6.33. The number of amides is 2. The average Bonchev–Trinajstić information content (AvgIpc) is 2.40. The number of carbonyl (C=O) groups is 2. The summed E-state index contributed by atoms with van der Waals surface area (Å²) in [7, 11) is 1.77. The summed E-state index contributed by atoms with van der Waals surface area (Å²) >= 11 is 0. The van der Waals surface area contributed by atoms with E-state index in [2.05, 4.69) is 10.9 Å². The van der Waals surface area contributed by atoms with Crippen molar-refractivity contribution in [3.63, 3.8) is 0 Å². The van der Waals surface area contributed by atoms with Gasteiger partial charge in [-0.15, -0.1) is 0 Å². The van der Waals surface area contributed by atoms with Crippen LogP contribution in [0.1, 0.15) is 18.4 Å². The zero-order valence-electron chi connectivity index (χ0n) is 10.3. The first-order chi connectivity index (χ1) is 8.66. The maximum Gasteiger partial charge on any atom is 0.241 e. The van der Waals surface area contributed by atoms with Crippen LogP contribution in [0.3, 0.4) is 0 Å². The van der Waals surface area contributed by atoms with E-state index < -0.39 is 0 Å². The molecule has 1 aromatic rings. The van der Waals surface area contributed by atoms with Gasteiger partial charge in [-0.05, 0) is 12.0 Å². The number of hydrazine groups is 1. The van der Waals surface area contributed by atoms with Crippen LogP contribution in [-0.2, 0) is 16.1 Å². The number of rotatable bonds is 3. The molecule has 1 heterocycles. The van der Waals surface area contributed by atoms with Gasteiger partial charge in [0.25, 0.3) is 0 Å². The van der Waals surface area contributed by atoms with Crippen molar-refractivity contribution in [2.45, 2.75) is 25.4 Å². The third-order valence-corrected chi connectivity index (χ3v) is 2.98. The van der Waals surface area contributed by atoms with E-state index in [1.165, 1.54) is 0 Å². The van der Waals surface area contributed by atoms with Crippen molar-refractivity contribution in [3.05, 3.63) is 35.9 Å². The second-order valence-electron chi connectivity index (χ2n) is 4.46. The van der Waals surface area contributed by atoms with Crippen LogP contribution in [0, 0.1) is 0 Å². The molecule has 0 aromatic heterocycles. The van der Waals surface area contributed by atoms with Crippen LogP contribution in [0.4, 0.5) is 0 Å². The predicted octanol–water partition coefficient (Wildman–Crippen LogP) is 0.428. The zero-order valence-corrected chi connectivity index (χ0v) is 10.3. The lowest BCUT2D eigenvalue weighted by Gasteiger charge is -2.27. The molecule has 2 amide bonds. The molecule has 5 heteroatoms. The van der Waals surface area contributed by atoms with Gasteiger partial charge in [-0.3, -0.25) is 15.0 Å². The summed E-state index contributed by atoms with van der Waals surface area (Å²) in [6.45, 7) is 0.575. The highest BCUT2D eigenvalue weighted by atomic mass is 16.2. The fraction of sp³-hybridized carbons (Fsp3) is 0.385. The summed E-state index contributed by atoms with van der Waals surface area (Å²) in [5, 5.41) is 0. The van der Waals surface area contributed by atoms with Gasteiger partial charge in [0.15, 0.2) is 0 Å². The Morgan fingerprint density at radius 2 is 2.11 bits per heavy atom. The summed E-state index contributed by atoms with van der Waals surface area (Å²) in [6.07, 6.45) is 0.937. The van der Waals surface area contributed by atoms with Crippen molar-refractivity contribution in [1.82, 2.24) is 15.8 Å². The topological polar surface area (TPSA) is 61.4 Å². The molecular weight excluding hydrogens is 230 g/mol. The van der Waals surface area contributed by atoms with E-state index in [1.54, 1.807) is 11.9 Å². The Morgan fingerprint density at radius 3 is 2.72 bits per heavy atom. The van der Waals surface area contributed by atoms with E-state index in [9.17, 15) is 9.59 Å². The zero-order chi connectivity index (χ0) is 13.0. The van der Waals surface area contributed by atoms with Crippen molar-refractivity contribution in [1.29, 1.82) is 0 Å². The summed E-state index contributed by atoms with van der Waals surface area (Å²) in [5.74, 6) is -0.0661. The minimum absolute atomic E-state index is 0.00106. The molecule has 1 atom stereocenters. The first-order valence-electron chi connectivity index (χ1n) is 6.00. The second kappa shape index (κ2) is 5.64. The first-order valence-corrected chi connectivity index (χ1v) is 6.00. The van der Waals surface area contributed by atoms with Gasteiger partial charge in [-0.25, -0.2) is 5.43 Å². The van der Waals surface area contributed by atoms with Crippen LogP contribution in [0.15, 0.2) is 30.3 Å². The first kappa shape index (κ1) is 12.6. The number of benzene rings is 1. The lowest BCUT2D eigenvalue weighted by atomic mass is 10.1. The van der Waals surface area contributed by atoms with Crippen molar-refractivity contribution in [2.75, 3.05) is 7.05 Å². The van der Waals surface area contributed by atoms with Gasteiger partial charge in [0, 0.05) is 20.0 Å². The fourth-order valence-electron chi connectivity index (χ4n) is 1.96. The molecule has 0 saturated carbocycles. The molecule has 1 saturated heterocycles. The van der Waals surface area contributed by atoms with Crippen molar-refractivity contribution >= 4 is 11.8 Å². The predicted molar refractivity (Wildman–Crippen MR) is 67.2 cm³/mol. The quantitative estimate of drug-likeness (QED) is 0.814. The van der Waals surface area contributed by atoms with Crippen LogP contribution in [-0.4, -0.2) is 29.8 Å². The number of likely N-dealkylation sites (N-methyl/N-ethyl adjacent to an activating group) is 1. The van der Waals surface area contributed by atoms with E-state index in [1.807, 2.05) is 30.3 Å². The van der Waals surface area contributed by atoms with Crippen LogP contribution in [0.25, 0.3) is 0 Å². The SMILES string of the molecule is CN(Cc1ccccc1)C(=O)C1CCC(=O)NN1. The molecule has 0 aliphatic carbocycles. The average molecular weight is 247 g/mol. The molecule has 0 spiro atoms. The van der Waals surface area contributed by atoms with Gasteiger partial charge in [-0.1, -0.05) is 30.3 Å².